The fraction of sp³-hybridized carbons (Fsp3) is 0.545. The summed E-state index contributed by atoms with van der Waals surface area (Å²) >= 11 is 1.56. The van der Waals surface area contributed by atoms with Crippen LogP contribution in [0.1, 0.15) is 92.1 Å². The zero-order chi connectivity index (χ0) is 28.9. The van der Waals surface area contributed by atoms with Crippen LogP contribution in [0.3, 0.4) is 0 Å². The summed E-state index contributed by atoms with van der Waals surface area (Å²) in [5.41, 5.74) is 4.52. The van der Waals surface area contributed by atoms with Gasteiger partial charge in [0.15, 0.2) is 0 Å². The van der Waals surface area contributed by atoms with Crippen molar-refractivity contribution in [1.82, 2.24) is 10.2 Å². The molecule has 40 heavy (non-hydrogen) atoms. The maximum absolute atomic E-state index is 13.3. The van der Waals surface area contributed by atoms with E-state index in [0.29, 0.717) is 30.2 Å². The van der Waals surface area contributed by atoms with Gasteiger partial charge in [-0.2, -0.15) is 11.8 Å². The Labute approximate surface area is 244 Å². The van der Waals surface area contributed by atoms with Crippen LogP contribution in [0, 0.1) is 6.92 Å². The van der Waals surface area contributed by atoms with Crippen molar-refractivity contribution < 1.29 is 19.5 Å². The molecular weight excluding hydrogens is 520 g/mol. The lowest BCUT2D eigenvalue weighted by atomic mass is 9.92. The van der Waals surface area contributed by atoms with Crippen molar-refractivity contribution in [2.24, 2.45) is 0 Å². The number of unbranched alkanes of at least 4 members (excludes halogenated alkanes) is 3. The summed E-state index contributed by atoms with van der Waals surface area (Å²) in [7, 11) is 1.97. The summed E-state index contributed by atoms with van der Waals surface area (Å²) in [6.45, 7) is 2.02. The minimum atomic E-state index is -1.02. The summed E-state index contributed by atoms with van der Waals surface area (Å²) in [6.07, 6.45) is 13.9. The second-order valence-corrected chi connectivity index (χ2v) is 12.0. The standard InChI is InChI=1S/C33H46N2O4S/c1-24-13-11-12-17-27(24)29-23-25(19-20-28(29)32(37)34-30(33(38)39)21-22-40-3)14-7-4-5-10-18-31(36)35(2)26-15-8-6-9-16-26/h11-13,17,19-20,23,26,30H,4-10,14-16,18,21-22H2,1-3H3,(H,34,37)(H,38,39)/t30-/m0/s1. The third-order valence-electron chi connectivity index (χ3n) is 8.10. The number of hydrogen-bond acceptors (Lipinski definition) is 4. The lowest BCUT2D eigenvalue weighted by Crippen LogP contribution is -2.41. The molecular formula is C33H46N2O4S. The average molecular weight is 567 g/mol. The van der Waals surface area contributed by atoms with Gasteiger partial charge in [-0.1, -0.05) is 68.5 Å². The number of carboxylic acids is 1. The zero-order valence-corrected chi connectivity index (χ0v) is 25.2. The minimum Gasteiger partial charge on any atom is -0.480 e. The van der Waals surface area contributed by atoms with Gasteiger partial charge in [0.05, 0.1) is 0 Å². The van der Waals surface area contributed by atoms with Gasteiger partial charge in [0.1, 0.15) is 6.04 Å². The van der Waals surface area contributed by atoms with E-state index in [-0.39, 0.29) is 11.8 Å². The molecule has 218 valence electrons. The van der Waals surface area contributed by atoms with Crippen LogP contribution in [0.4, 0.5) is 0 Å². The Hall–Kier alpha value is -2.80. The topological polar surface area (TPSA) is 86.7 Å². The predicted molar refractivity (Wildman–Crippen MR) is 165 cm³/mol. The van der Waals surface area contributed by atoms with E-state index in [1.54, 1.807) is 11.8 Å². The van der Waals surface area contributed by atoms with Crippen molar-refractivity contribution in [1.29, 1.82) is 0 Å². The molecule has 0 heterocycles. The molecule has 2 amide bonds. The molecule has 0 saturated heterocycles. The average Bonchev–Trinajstić information content (AvgIpc) is 2.96. The predicted octanol–water partition coefficient (Wildman–Crippen LogP) is 6.88. The Bertz CT molecular complexity index is 1130. The smallest absolute Gasteiger partial charge is 0.326 e. The van der Waals surface area contributed by atoms with Crippen molar-refractivity contribution in [3.8, 4) is 11.1 Å². The van der Waals surface area contributed by atoms with Gasteiger partial charge in [0, 0.05) is 25.1 Å². The van der Waals surface area contributed by atoms with Gasteiger partial charge in [-0.05, 0) is 85.8 Å². The number of aliphatic carboxylic acids is 1. The van der Waals surface area contributed by atoms with Crippen LogP contribution >= 0.6 is 11.8 Å². The summed E-state index contributed by atoms with van der Waals surface area (Å²) in [5, 5.41) is 12.3. The van der Waals surface area contributed by atoms with Gasteiger partial charge < -0.3 is 15.3 Å². The van der Waals surface area contributed by atoms with Gasteiger partial charge >= 0.3 is 5.97 Å². The molecule has 0 unspecified atom stereocenters. The molecule has 0 aliphatic heterocycles. The number of carbonyl (C=O) groups excluding carboxylic acids is 2. The Morgan fingerprint density at radius 1 is 1.00 bits per heavy atom. The molecule has 1 saturated carbocycles. The quantitative estimate of drug-likeness (QED) is 0.230. The lowest BCUT2D eigenvalue weighted by molar-refractivity contribution is -0.139. The number of thioether (sulfide) groups is 1. The highest BCUT2D eigenvalue weighted by Gasteiger charge is 2.23. The third kappa shape index (κ3) is 9.39. The Kier molecular flexibility index (Phi) is 13.1. The molecule has 0 radical (unpaired) electrons. The Morgan fingerprint density at radius 2 is 1.73 bits per heavy atom. The van der Waals surface area contributed by atoms with E-state index in [0.717, 1.165) is 67.2 Å². The minimum absolute atomic E-state index is 0.280. The largest absolute Gasteiger partial charge is 0.480 e. The molecule has 1 aliphatic carbocycles. The molecule has 6 nitrogen and oxygen atoms in total. The highest BCUT2D eigenvalue weighted by Crippen LogP contribution is 2.29. The zero-order valence-electron chi connectivity index (χ0n) is 24.4. The summed E-state index contributed by atoms with van der Waals surface area (Å²) in [6, 6.07) is 13.4. The van der Waals surface area contributed by atoms with Crippen LogP contribution in [0.25, 0.3) is 11.1 Å². The van der Waals surface area contributed by atoms with Gasteiger partial charge in [-0.25, -0.2) is 4.79 Å². The first-order chi connectivity index (χ1) is 19.3. The number of nitrogens with zero attached hydrogens (tertiary/aromatic N) is 1. The first kappa shape index (κ1) is 31.7. The molecule has 0 aromatic heterocycles. The lowest BCUT2D eigenvalue weighted by Gasteiger charge is -2.31. The number of amides is 2. The van der Waals surface area contributed by atoms with Crippen LogP contribution in [-0.2, 0) is 16.0 Å². The number of benzene rings is 2. The van der Waals surface area contributed by atoms with Crippen LogP contribution < -0.4 is 5.32 Å². The maximum atomic E-state index is 13.3. The first-order valence-corrected chi connectivity index (χ1v) is 16.2. The molecule has 0 spiro atoms. The van der Waals surface area contributed by atoms with Gasteiger partial charge in [0.2, 0.25) is 5.91 Å². The molecule has 1 atom stereocenters. The molecule has 1 aliphatic rings. The van der Waals surface area contributed by atoms with E-state index in [4.69, 9.17) is 0 Å². The van der Waals surface area contributed by atoms with Gasteiger partial charge in [-0.15, -0.1) is 0 Å². The molecule has 2 aromatic rings. The number of hydrogen-bond donors (Lipinski definition) is 2. The number of aryl methyl sites for hydroxylation is 2. The monoisotopic (exact) mass is 566 g/mol. The van der Waals surface area contributed by atoms with Crippen LogP contribution in [0.5, 0.6) is 0 Å². The third-order valence-corrected chi connectivity index (χ3v) is 8.74. The number of carbonyl (C=O) groups is 3. The molecule has 0 bridgehead atoms. The fourth-order valence-corrected chi connectivity index (χ4v) is 6.05. The molecule has 3 rings (SSSR count). The maximum Gasteiger partial charge on any atom is 0.326 e. The van der Waals surface area contributed by atoms with E-state index in [2.05, 4.69) is 11.4 Å². The SMILES string of the molecule is CSCC[C@H](NC(=O)c1ccc(CCCCCCC(=O)N(C)C2CCCCC2)cc1-c1ccccc1C)C(=O)O. The number of rotatable bonds is 15. The Balaban J connectivity index is 1.59. The van der Waals surface area contributed by atoms with Gasteiger partial charge in [0.25, 0.3) is 5.91 Å². The van der Waals surface area contributed by atoms with Crippen molar-refractivity contribution in [2.45, 2.75) is 96.1 Å². The summed E-state index contributed by atoms with van der Waals surface area (Å²) in [4.78, 5) is 39.6. The second kappa shape index (κ2) is 16.5. The molecule has 7 heteroatoms. The summed E-state index contributed by atoms with van der Waals surface area (Å²) in [5.74, 6) is -0.436. The Morgan fingerprint density at radius 3 is 2.42 bits per heavy atom. The molecule has 1 fully saturated rings. The van der Waals surface area contributed by atoms with E-state index >= 15 is 0 Å². The first-order valence-electron chi connectivity index (χ1n) is 14.8. The fourth-order valence-electron chi connectivity index (χ4n) is 5.58. The van der Waals surface area contributed by atoms with Crippen molar-refractivity contribution >= 4 is 29.5 Å². The molecule has 2 N–H and O–H groups in total. The van der Waals surface area contributed by atoms with Crippen molar-refractivity contribution in [3.05, 3.63) is 59.2 Å². The summed E-state index contributed by atoms with van der Waals surface area (Å²) < 4.78 is 0. The van der Waals surface area contributed by atoms with E-state index < -0.39 is 12.0 Å². The van der Waals surface area contributed by atoms with Crippen LogP contribution in [0.15, 0.2) is 42.5 Å². The van der Waals surface area contributed by atoms with E-state index in [1.807, 2.05) is 61.5 Å². The van der Waals surface area contributed by atoms with Crippen LogP contribution in [-0.4, -0.2) is 58.9 Å². The van der Waals surface area contributed by atoms with E-state index in [1.165, 1.54) is 19.3 Å². The van der Waals surface area contributed by atoms with Gasteiger partial charge in [-0.3, -0.25) is 9.59 Å². The molecule has 2 aromatic carbocycles. The number of carboxylic acid groups (broad SMARTS) is 1. The van der Waals surface area contributed by atoms with Crippen LogP contribution in [0.2, 0.25) is 0 Å². The highest BCUT2D eigenvalue weighted by molar-refractivity contribution is 7.98. The van der Waals surface area contributed by atoms with Crippen molar-refractivity contribution in [3.63, 3.8) is 0 Å². The van der Waals surface area contributed by atoms with E-state index in [9.17, 15) is 19.5 Å². The normalized spacial score (nSPS) is 14.5. The van der Waals surface area contributed by atoms with Crippen molar-refractivity contribution in [2.75, 3.05) is 19.1 Å². The second-order valence-electron chi connectivity index (χ2n) is 11.1. The highest BCUT2D eigenvalue weighted by atomic mass is 32.2. The number of nitrogens with one attached hydrogen (secondary N) is 1.